The van der Waals surface area contributed by atoms with Crippen LogP contribution in [0.3, 0.4) is 0 Å². The van der Waals surface area contributed by atoms with Gasteiger partial charge in [0, 0.05) is 23.9 Å². The van der Waals surface area contributed by atoms with E-state index in [4.69, 9.17) is 0 Å². The summed E-state index contributed by atoms with van der Waals surface area (Å²) >= 11 is 1.59. The topological polar surface area (TPSA) is 40.6 Å². The fraction of sp³-hybridized carbons (Fsp3) is 0.500. The zero-order valence-electron chi connectivity index (χ0n) is 18.7. The van der Waals surface area contributed by atoms with E-state index in [-0.39, 0.29) is 35.6 Å². The van der Waals surface area contributed by atoms with Gasteiger partial charge in [0.15, 0.2) is 0 Å². The summed E-state index contributed by atoms with van der Waals surface area (Å²) in [6, 6.07) is 10.1. The van der Waals surface area contributed by atoms with E-state index < -0.39 is 0 Å². The maximum absolute atomic E-state index is 13.3. The molecular formula is C24H33FN2O2S. The number of nitrogens with zero attached hydrogens (tertiary/aromatic N) is 2. The molecule has 0 saturated carbocycles. The van der Waals surface area contributed by atoms with Gasteiger partial charge in [0.1, 0.15) is 12.4 Å². The van der Waals surface area contributed by atoms with Crippen LogP contribution in [-0.4, -0.2) is 34.2 Å². The van der Waals surface area contributed by atoms with Crippen LogP contribution in [0.25, 0.3) is 0 Å². The zero-order valence-corrected chi connectivity index (χ0v) is 19.5. The van der Waals surface area contributed by atoms with Gasteiger partial charge in [-0.3, -0.25) is 9.59 Å². The third-order valence-electron chi connectivity index (χ3n) is 5.00. The molecule has 164 valence electrons. The first-order valence-corrected chi connectivity index (χ1v) is 11.3. The molecule has 4 nitrogen and oxygen atoms in total. The predicted octanol–water partition coefficient (Wildman–Crippen LogP) is 5.48. The summed E-state index contributed by atoms with van der Waals surface area (Å²) in [5, 5.41) is 1.98. The van der Waals surface area contributed by atoms with Crippen molar-refractivity contribution in [2.24, 2.45) is 5.41 Å². The lowest BCUT2D eigenvalue weighted by Gasteiger charge is -2.33. The minimum atomic E-state index is -0.300. The van der Waals surface area contributed by atoms with E-state index in [9.17, 15) is 14.0 Å². The van der Waals surface area contributed by atoms with E-state index in [1.807, 2.05) is 52.1 Å². The molecule has 0 aliphatic carbocycles. The Kier molecular flexibility index (Phi) is 8.59. The highest BCUT2D eigenvalue weighted by molar-refractivity contribution is 7.09. The Hall–Kier alpha value is -2.21. The van der Waals surface area contributed by atoms with Crippen LogP contribution in [0.5, 0.6) is 0 Å². The molecule has 1 heterocycles. The second kappa shape index (κ2) is 10.7. The molecule has 1 aromatic heterocycles. The van der Waals surface area contributed by atoms with Crippen molar-refractivity contribution < 1.29 is 14.0 Å². The molecule has 2 aromatic rings. The monoisotopic (exact) mass is 432 g/mol. The predicted molar refractivity (Wildman–Crippen MR) is 121 cm³/mol. The number of thiophene rings is 1. The lowest BCUT2D eigenvalue weighted by atomic mass is 9.91. The van der Waals surface area contributed by atoms with E-state index in [0.717, 1.165) is 16.9 Å². The van der Waals surface area contributed by atoms with Gasteiger partial charge in [-0.2, -0.15) is 0 Å². The summed E-state index contributed by atoms with van der Waals surface area (Å²) in [6.07, 6.45) is 1.18. The fourth-order valence-corrected chi connectivity index (χ4v) is 3.86. The highest BCUT2D eigenvalue weighted by Crippen LogP contribution is 2.22. The van der Waals surface area contributed by atoms with Crippen LogP contribution in [0.1, 0.15) is 57.9 Å². The molecule has 1 aromatic carbocycles. The standard InChI is InChI=1S/C24H33FN2O2S/c1-6-18(2)27(22(28)14-24(3,4)5)17-23(29)26(16-21-8-7-13-30-21)15-19-9-11-20(25)12-10-19/h7-13,18H,6,14-17H2,1-5H3/t18-/m0/s1. The van der Waals surface area contributed by atoms with Gasteiger partial charge in [-0.05, 0) is 47.9 Å². The maximum Gasteiger partial charge on any atom is 0.242 e. The number of benzene rings is 1. The van der Waals surface area contributed by atoms with Crippen LogP contribution in [0, 0.1) is 11.2 Å². The van der Waals surface area contributed by atoms with Crippen LogP contribution >= 0.6 is 11.3 Å². The highest BCUT2D eigenvalue weighted by Gasteiger charge is 2.28. The van der Waals surface area contributed by atoms with Crippen LogP contribution in [0.4, 0.5) is 4.39 Å². The number of hydrogen-bond acceptors (Lipinski definition) is 3. The number of hydrogen-bond donors (Lipinski definition) is 0. The van der Waals surface area contributed by atoms with Gasteiger partial charge in [0.25, 0.3) is 0 Å². The Morgan fingerprint density at radius 1 is 1.07 bits per heavy atom. The van der Waals surface area contributed by atoms with Gasteiger partial charge in [-0.25, -0.2) is 4.39 Å². The number of carbonyl (C=O) groups excluding carboxylic acids is 2. The molecule has 0 saturated heterocycles. The average Bonchev–Trinajstić information content (AvgIpc) is 3.18. The molecule has 6 heteroatoms. The van der Waals surface area contributed by atoms with Crippen molar-refractivity contribution in [1.82, 2.24) is 9.80 Å². The van der Waals surface area contributed by atoms with Gasteiger partial charge in [-0.1, -0.05) is 45.9 Å². The van der Waals surface area contributed by atoms with E-state index in [1.165, 1.54) is 12.1 Å². The zero-order chi connectivity index (χ0) is 22.3. The van der Waals surface area contributed by atoms with Crippen molar-refractivity contribution in [3.8, 4) is 0 Å². The van der Waals surface area contributed by atoms with E-state index >= 15 is 0 Å². The molecule has 0 aliphatic rings. The van der Waals surface area contributed by atoms with Crippen molar-refractivity contribution in [2.45, 2.75) is 66.6 Å². The molecule has 2 rings (SSSR count). The minimum Gasteiger partial charge on any atom is -0.332 e. The first-order chi connectivity index (χ1) is 14.1. The van der Waals surface area contributed by atoms with Crippen LogP contribution in [-0.2, 0) is 22.7 Å². The number of amides is 2. The Bertz CT molecular complexity index is 813. The van der Waals surface area contributed by atoms with Gasteiger partial charge in [-0.15, -0.1) is 11.3 Å². The Labute approximate surface area is 183 Å². The number of halogens is 1. The molecule has 0 N–H and O–H groups in total. The lowest BCUT2D eigenvalue weighted by Crippen LogP contribution is -2.47. The second-order valence-electron chi connectivity index (χ2n) is 8.97. The Morgan fingerprint density at radius 2 is 1.73 bits per heavy atom. The highest BCUT2D eigenvalue weighted by atomic mass is 32.1. The van der Waals surface area contributed by atoms with E-state index in [1.54, 1.807) is 33.3 Å². The summed E-state index contributed by atoms with van der Waals surface area (Å²) in [5.74, 6) is -0.399. The van der Waals surface area contributed by atoms with Crippen LogP contribution in [0.2, 0.25) is 0 Å². The van der Waals surface area contributed by atoms with Crippen molar-refractivity contribution in [1.29, 1.82) is 0 Å². The SMILES string of the molecule is CC[C@H](C)N(CC(=O)N(Cc1ccc(F)cc1)Cc1cccs1)C(=O)CC(C)(C)C. The quantitative estimate of drug-likeness (QED) is 0.526. The van der Waals surface area contributed by atoms with E-state index in [0.29, 0.717) is 19.5 Å². The Morgan fingerprint density at radius 3 is 2.27 bits per heavy atom. The second-order valence-corrected chi connectivity index (χ2v) is 10.0. The van der Waals surface area contributed by atoms with Gasteiger partial charge in [0.2, 0.25) is 11.8 Å². The van der Waals surface area contributed by atoms with Crippen LogP contribution < -0.4 is 0 Å². The molecule has 0 spiro atoms. The number of carbonyl (C=O) groups is 2. The third kappa shape index (κ3) is 7.56. The summed E-state index contributed by atoms with van der Waals surface area (Å²) < 4.78 is 13.3. The van der Waals surface area contributed by atoms with Gasteiger partial charge in [0.05, 0.1) is 6.54 Å². The smallest absolute Gasteiger partial charge is 0.242 e. The van der Waals surface area contributed by atoms with Crippen molar-refractivity contribution in [3.63, 3.8) is 0 Å². The Balaban J connectivity index is 2.20. The normalized spacial score (nSPS) is 12.5. The summed E-state index contributed by atoms with van der Waals surface area (Å²) in [5.41, 5.74) is 0.716. The third-order valence-corrected chi connectivity index (χ3v) is 5.86. The summed E-state index contributed by atoms with van der Waals surface area (Å²) in [6.45, 7) is 11.0. The largest absolute Gasteiger partial charge is 0.332 e. The lowest BCUT2D eigenvalue weighted by molar-refractivity contribution is -0.144. The van der Waals surface area contributed by atoms with E-state index in [2.05, 4.69) is 0 Å². The molecule has 0 unspecified atom stereocenters. The first kappa shape index (κ1) is 24.1. The molecule has 0 radical (unpaired) electrons. The van der Waals surface area contributed by atoms with Crippen molar-refractivity contribution in [3.05, 3.63) is 58.0 Å². The molecular weight excluding hydrogens is 399 g/mol. The molecule has 0 bridgehead atoms. The molecule has 0 fully saturated rings. The fourth-order valence-electron chi connectivity index (χ4n) is 3.14. The average molecular weight is 433 g/mol. The minimum absolute atomic E-state index is 0.00283. The van der Waals surface area contributed by atoms with Crippen LogP contribution in [0.15, 0.2) is 41.8 Å². The summed E-state index contributed by atoms with van der Waals surface area (Å²) in [7, 11) is 0. The molecule has 0 aliphatic heterocycles. The van der Waals surface area contributed by atoms with Crippen molar-refractivity contribution >= 4 is 23.2 Å². The van der Waals surface area contributed by atoms with Gasteiger partial charge >= 0.3 is 0 Å². The maximum atomic E-state index is 13.3. The van der Waals surface area contributed by atoms with Crippen molar-refractivity contribution in [2.75, 3.05) is 6.54 Å². The summed E-state index contributed by atoms with van der Waals surface area (Å²) in [4.78, 5) is 30.8. The molecule has 2 amide bonds. The molecule has 30 heavy (non-hydrogen) atoms. The molecule has 1 atom stereocenters. The van der Waals surface area contributed by atoms with Gasteiger partial charge < -0.3 is 9.80 Å². The number of rotatable bonds is 9. The first-order valence-electron chi connectivity index (χ1n) is 10.4.